The highest BCUT2D eigenvalue weighted by atomic mass is 16.5. The van der Waals surface area contributed by atoms with E-state index >= 15 is 0 Å². The number of hydrogen-bond acceptors (Lipinski definition) is 4. The monoisotopic (exact) mass is 352 g/mol. The van der Waals surface area contributed by atoms with Crippen LogP contribution in [-0.4, -0.2) is 43.2 Å². The van der Waals surface area contributed by atoms with E-state index in [2.05, 4.69) is 10.6 Å². The SMILES string of the molecule is COC(=N)N(C(=O)NCC1CCCCC1)C(=O)NCC1CCCCC1. The van der Waals surface area contributed by atoms with Crippen molar-refractivity contribution in [2.24, 2.45) is 11.8 Å². The van der Waals surface area contributed by atoms with Crippen LogP contribution in [0.25, 0.3) is 0 Å². The molecule has 0 aromatic carbocycles. The molecule has 0 saturated heterocycles. The summed E-state index contributed by atoms with van der Waals surface area (Å²) in [5, 5.41) is 13.4. The molecule has 3 N–H and O–H groups in total. The highest BCUT2D eigenvalue weighted by Gasteiger charge is 2.28. The largest absolute Gasteiger partial charge is 0.468 e. The minimum Gasteiger partial charge on any atom is -0.468 e. The number of ether oxygens (including phenoxy) is 1. The fourth-order valence-corrected chi connectivity index (χ4v) is 3.77. The number of imide groups is 1. The maximum Gasteiger partial charge on any atom is 0.333 e. The lowest BCUT2D eigenvalue weighted by atomic mass is 9.89. The van der Waals surface area contributed by atoms with Crippen molar-refractivity contribution < 1.29 is 14.3 Å². The number of carbonyl (C=O) groups is 2. The van der Waals surface area contributed by atoms with Gasteiger partial charge in [-0.1, -0.05) is 38.5 Å². The Labute approximate surface area is 150 Å². The normalized spacial score (nSPS) is 19.1. The summed E-state index contributed by atoms with van der Waals surface area (Å²) >= 11 is 0. The third-order valence-corrected chi connectivity index (χ3v) is 5.34. The van der Waals surface area contributed by atoms with Crippen LogP contribution in [-0.2, 0) is 4.74 Å². The van der Waals surface area contributed by atoms with Crippen LogP contribution in [0, 0.1) is 17.2 Å². The van der Waals surface area contributed by atoms with E-state index in [4.69, 9.17) is 10.1 Å². The Morgan fingerprint density at radius 3 is 1.64 bits per heavy atom. The van der Waals surface area contributed by atoms with E-state index in [-0.39, 0.29) is 0 Å². The molecule has 0 spiro atoms. The van der Waals surface area contributed by atoms with E-state index in [1.54, 1.807) is 0 Å². The third kappa shape index (κ3) is 6.21. The molecule has 2 saturated carbocycles. The molecule has 0 radical (unpaired) electrons. The molecule has 142 valence electrons. The van der Waals surface area contributed by atoms with Gasteiger partial charge in [-0.05, 0) is 37.5 Å². The van der Waals surface area contributed by atoms with E-state index in [1.165, 1.54) is 45.6 Å². The number of hydrogen-bond donors (Lipinski definition) is 3. The summed E-state index contributed by atoms with van der Waals surface area (Å²) in [6.45, 7) is 1.09. The number of amides is 4. The zero-order valence-electron chi connectivity index (χ0n) is 15.3. The Morgan fingerprint density at radius 2 is 1.28 bits per heavy atom. The third-order valence-electron chi connectivity index (χ3n) is 5.34. The zero-order chi connectivity index (χ0) is 18.1. The van der Waals surface area contributed by atoms with Gasteiger partial charge in [0.15, 0.2) is 0 Å². The van der Waals surface area contributed by atoms with Crippen LogP contribution in [0.2, 0.25) is 0 Å². The molecule has 7 nitrogen and oxygen atoms in total. The lowest BCUT2D eigenvalue weighted by molar-refractivity contribution is 0.190. The van der Waals surface area contributed by atoms with Gasteiger partial charge in [0.1, 0.15) is 0 Å². The van der Waals surface area contributed by atoms with Crippen LogP contribution in [0.15, 0.2) is 0 Å². The molecular formula is C18H32N4O3. The van der Waals surface area contributed by atoms with Crippen molar-refractivity contribution in [2.45, 2.75) is 64.2 Å². The summed E-state index contributed by atoms with van der Waals surface area (Å²) in [6, 6.07) is -1.63. The topological polar surface area (TPSA) is 94.5 Å². The fraction of sp³-hybridized carbons (Fsp3) is 0.833. The quantitative estimate of drug-likeness (QED) is 0.534. The molecule has 0 aliphatic heterocycles. The molecule has 0 aromatic heterocycles. The van der Waals surface area contributed by atoms with Crippen molar-refractivity contribution in [3.05, 3.63) is 0 Å². The highest BCUT2D eigenvalue weighted by molar-refractivity contribution is 6.08. The van der Waals surface area contributed by atoms with Crippen molar-refractivity contribution in [1.82, 2.24) is 15.5 Å². The second kappa shape index (κ2) is 10.3. The minimum absolute atomic E-state index is 0.456. The second-order valence-electron chi connectivity index (χ2n) is 7.22. The van der Waals surface area contributed by atoms with Crippen LogP contribution < -0.4 is 10.6 Å². The van der Waals surface area contributed by atoms with E-state index in [9.17, 15) is 9.59 Å². The first-order chi connectivity index (χ1) is 12.1. The summed E-state index contributed by atoms with van der Waals surface area (Å²) in [5.74, 6) is 0.920. The molecule has 7 heteroatoms. The number of nitrogens with one attached hydrogen (secondary N) is 3. The Kier molecular flexibility index (Phi) is 8.01. The van der Waals surface area contributed by atoms with E-state index in [0.717, 1.165) is 30.6 Å². The molecule has 2 rings (SSSR count). The number of amidine groups is 1. The maximum absolute atomic E-state index is 12.4. The Balaban J connectivity index is 1.83. The molecule has 0 heterocycles. The average Bonchev–Trinajstić information content (AvgIpc) is 2.66. The van der Waals surface area contributed by atoms with Crippen molar-refractivity contribution >= 4 is 18.1 Å². The van der Waals surface area contributed by atoms with Gasteiger partial charge >= 0.3 is 18.1 Å². The predicted octanol–water partition coefficient (Wildman–Crippen LogP) is 3.45. The molecule has 2 aliphatic rings. The molecular weight excluding hydrogens is 320 g/mol. The Morgan fingerprint density at radius 1 is 0.880 bits per heavy atom. The van der Waals surface area contributed by atoms with Crippen molar-refractivity contribution in [2.75, 3.05) is 20.2 Å². The van der Waals surface area contributed by atoms with Gasteiger partial charge in [0.2, 0.25) is 0 Å². The second-order valence-corrected chi connectivity index (χ2v) is 7.22. The van der Waals surface area contributed by atoms with Crippen molar-refractivity contribution in [3.63, 3.8) is 0 Å². The molecule has 0 atom stereocenters. The van der Waals surface area contributed by atoms with Gasteiger partial charge in [-0.3, -0.25) is 5.41 Å². The Bertz CT molecular complexity index is 423. The van der Waals surface area contributed by atoms with Crippen LogP contribution in [0.4, 0.5) is 9.59 Å². The van der Waals surface area contributed by atoms with E-state index < -0.39 is 18.1 Å². The molecule has 25 heavy (non-hydrogen) atoms. The van der Waals surface area contributed by atoms with Gasteiger partial charge in [0.05, 0.1) is 7.11 Å². The van der Waals surface area contributed by atoms with E-state index in [0.29, 0.717) is 24.9 Å². The Hall–Kier alpha value is -1.79. The van der Waals surface area contributed by atoms with Gasteiger partial charge in [-0.25, -0.2) is 9.59 Å². The van der Waals surface area contributed by atoms with Crippen LogP contribution in [0.3, 0.4) is 0 Å². The summed E-state index contributed by atoms with van der Waals surface area (Å²) in [4.78, 5) is 25.6. The van der Waals surface area contributed by atoms with Gasteiger partial charge in [0.25, 0.3) is 0 Å². The number of rotatable bonds is 4. The van der Waals surface area contributed by atoms with Gasteiger partial charge < -0.3 is 15.4 Å². The molecule has 2 fully saturated rings. The average molecular weight is 352 g/mol. The number of carbonyl (C=O) groups excluding carboxylic acids is 2. The highest BCUT2D eigenvalue weighted by Crippen LogP contribution is 2.23. The van der Waals surface area contributed by atoms with Crippen LogP contribution in [0.5, 0.6) is 0 Å². The standard InChI is InChI=1S/C18H32N4O3/c1-25-16(19)22(17(23)20-12-14-8-4-2-5-9-14)18(24)21-13-15-10-6-3-7-11-15/h14-15,19H,2-13H2,1H3,(H,20,23)(H,21,24). The predicted molar refractivity (Wildman–Crippen MR) is 96.5 cm³/mol. The van der Waals surface area contributed by atoms with E-state index in [1.807, 2.05) is 0 Å². The molecule has 4 amide bonds. The summed E-state index contributed by atoms with van der Waals surface area (Å²) in [7, 11) is 1.29. The first-order valence-electron chi connectivity index (χ1n) is 9.60. The first-order valence-corrected chi connectivity index (χ1v) is 9.60. The van der Waals surface area contributed by atoms with Gasteiger partial charge in [-0.15, -0.1) is 0 Å². The minimum atomic E-state index is -0.585. The summed E-state index contributed by atoms with van der Waals surface area (Å²) in [6.07, 6.45) is 11.7. The van der Waals surface area contributed by atoms with Gasteiger partial charge in [0, 0.05) is 13.1 Å². The number of methoxy groups -OCH3 is 1. The van der Waals surface area contributed by atoms with Gasteiger partial charge in [-0.2, -0.15) is 4.90 Å². The van der Waals surface area contributed by atoms with Crippen molar-refractivity contribution in [3.8, 4) is 0 Å². The molecule has 0 unspecified atom stereocenters. The molecule has 0 bridgehead atoms. The molecule has 0 aromatic rings. The first kappa shape index (κ1) is 19.5. The molecule has 2 aliphatic carbocycles. The lowest BCUT2D eigenvalue weighted by Gasteiger charge is -2.26. The zero-order valence-corrected chi connectivity index (χ0v) is 15.3. The van der Waals surface area contributed by atoms with Crippen LogP contribution >= 0.6 is 0 Å². The summed E-state index contributed by atoms with van der Waals surface area (Å²) in [5.41, 5.74) is 0. The fourth-order valence-electron chi connectivity index (χ4n) is 3.77. The smallest absolute Gasteiger partial charge is 0.333 e. The summed E-state index contributed by atoms with van der Waals surface area (Å²) < 4.78 is 4.83. The number of urea groups is 2. The maximum atomic E-state index is 12.4. The lowest BCUT2D eigenvalue weighted by Crippen LogP contribution is -2.53. The van der Waals surface area contributed by atoms with Crippen molar-refractivity contribution in [1.29, 1.82) is 5.41 Å². The number of nitrogens with zero attached hydrogens (tertiary/aromatic N) is 1. The van der Waals surface area contributed by atoms with Crippen LogP contribution in [0.1, 0.15) is 64.2 Å².